The van der Waals surface area contributed by atoms with Gasteiger partial charge in [0, 0.05) is 6.32 Å². The molecule has 0 N–H and O–H groups in total. The third kappa shape index (κ3) is 7.52. The van der Waals surface area contributed by atoms with Crippen molar-refractivity contribution in [1.82, 2.24) is 0 Å². The molecule has 102 valence electrons. The largest absolute Gasteiger partial charge is 0.461 e. The highest BCUT2D eigenvalue weighted by atomic mass is 16.6. The lowest BCUT2D eigenvalue weighted by molar-refractivity contribution is 0.0208. The van der Waals surface area contributed by atoms with Crippen molar-refractivity contribution in [3.63, 3.8) is 0 Å². The maximum absolute atomic E-state index is 6.00. The summed E-state index contributed by atoms with van der Waals surface area (Å²) in [5.74, 6) is 0. The van der Waals surface area contributed by atoms with Gasteiger partial charge in [0.15, 0.2) is 0 Å². The minimum absolute atomic E-state index is 0.278. The van der Waals surface area contributed by atoms with E-state index in [4.69, 9.17) is 9.31 Å². The first-order valence-electron chi connectivity index (χ1n) is 6.44. The van der Waals surface area contributed by atoms with Crippen LogP contribution in [0.3, 0.4) is 0 Å². The van der Waals surface area contributed by atoms with Gasteiger partial charge < -0.3 is 9.31 Å². The summed E-state index contributed by atoms with van der Waals surface area (Å²) >= 11 is 0. The first-order chi connectivity index (χ1) is 8.26. The monoisotopic (exact) mass is 250 g/mol. The van der Waals surface area contributed by atoms with Gasteiger partial charge in [-0.3, -0.25) is 0 Å². The maximum Gasteiger partial charge on any atom is 0.461 e. The highest BCUT2D eigenvalue weighted by Crippen LogP contribution is 2.23. The molecule has 0 radical (unpaired) electrons. The van der Waals surface area contributed by atoms with Crippen molar-refractivity contribution in [2.24, 2.45) is 0 Å². The first kappa shape index (κ1) is 17.2. The second-order valence-electron chi connectivity index (χ2n) is 5.69. The molecule has 0 aromatic rings. The van der Waals surface area contributed by atoms with E-state index < -0.39 is 0 Å². The van der Waals surface area contributed by atoms with Gasteiger partial charge in [0.25, 0.3) is 0 Å². The Balaban J connectivity index is 4.60. The van der Waals surface area contributed by atoms with E-state index in [1.54, 1.807) is 0 Å². The van der Waals surface area contributed by atoms with Crippen molar-refractivity contribution in [2.45, 2.75) is 58.1 Å². The molecule has 0 aliphatic carbocycles. The van der Waals surface area contributed by atoms with E-state index in [0.29, 0.717) is 6.32 Å². The van der Waals surface area contributed by atoms with E-state index in [1.165, 1.54) is 0 Å². The molecular weight excluding hydrogens is 223 g/mol. The zero-order valence-corrected chi connectivity index (χ0v) is 12.4. The van der Waals surface area contributed by atoms with Crippen LogP contribution in [0.4, 0.5) is 0 Å². The summed E-state index contributed by atoms with van der Waals surface area (Å²) in [5, 5.41) is 0. The topological polar surface area (TPSA) is 18.5 Å². The van der Waals surface area contributed by atoms with Gasteiger partial charge in [-0.2, -0.15) is 0 Å². The molecule has 0 rings (SSSR count). The molecule has 0 aliphatic heterocycles. The van der Waals surface area contributed by atoms with Gasteiger partial charge in [-0.25, -0.2) is 0 Å². The SMILES string of the molecule is C=CCB(OC(C)(C)CC=C)OC(C)(C)CC=C. The molecule has 0 aliphatic rings. The average Bonchev–Trinajstić information content (AvgIpc) is 2.15. The van der Waals surface area contributed by atoms with Crippen LogP contribution in [0, 0.1) is 0 Å². The Morgan fingerprint density at radius 3 is 1.50 bits per heavy atom. The summed E-state index contributed by atoms with van der Waals surface area (Å²) < 4.78 is 12.0. The summed E-state index contributed by atoms with van der Waals surface area (Å²) in [6.07, 6.45) is 7.78. The van der Waals surface area contributed by atoms with Crippen molar-refractivity contribution >= 4 is 7.12 Å². The van der Waals surface area contributed by atoms with Crippen LogP contribution in [0.25, 0.3) is 0 Å². The van der Waals surface area contributed by atoms with Crippen molar-refractivity contribution in [3.05, 3.63) is 38.0 Å². The summed E-state index contributed by atoms with van der Waals surface area (Å²) in [6, 6.07) is 0. The number of hydrogen-bond donors (Lipinski definition) is 0. The maximum atomic E-state index is 6.00. The van der Waals surface area contributed by atoms with E-state index in [9.17, 15) is 0 Å². The molecule has 0 spiro atoms. The molecule has 0 aromatic heterocycles. The van der Waals surface area contributed by atoms with Crippen LogP contribution < -0.4 is 0 Å². The predicted octanol–water partition coefficient (Wildman–Crippen LogP) is 4.40. The molecule has 0 aromatic carbocycles. The standard InChI is InChI=1S/C15H27BO2/c1-8-11-14(4,5)17-16(13-10-3)18-15(6,7)12-9-2/h8-10H,1-3,11-13H2,4-7H3. The fourth-order valence-electron chi connectivity index (χ4n) is 1.76. The molecule has 0 saturated carbocycles. The molecule has 2 nitrogen and oxygen atoms in total. The minimum atomic E-state index is -0.285. The third-order valence-electron chi connectivity index (χ3n) is 2.53. The van der Waals surface area contributed by atoms with E-state index in [-0.39, 0.29) is 18.3 Å². The first-order valence-corrected chi connectivity index (χ1v) is 6.44. The summed E-state index contributed by atoms with van der Waals surface area (Å²) in [5.41, 5.74) is -0.556. The van der Waals surface area contributed by atoms with Crippen molar-refractivity contribution in [3.8, 4) is 0 Å². The molecule has 0 amide bonds. The lowest BCUT2D eigenvalue weighted by Crippen LogP contribution is -2.40. The Morgan fingerprint density at radius 1 is 0.833 bits per heavy atom. The Kier molecular flexibility index (Phi) is 7.26. The Labute approximate surface area is 113 Å². The second kappa shape index (κ2) is 7.60. The van der Waals surface area contributed by atoms with Crippen LogP contribution in [-0.2, 0) is 9.31 Å². The van der Waals surface area contributed by atoms with E-state index in [2.05, 4.69) is 19.7 Å². The molecule has 0 fully saturated rings. The van der Waals surface area contributed by atoms with Crippen LogP contribution in [0.5, 0.6) is 0 Å². The molecule has 0 saturated heterocycles. The van der Waals surface area contributed by atoms with E-state index in [0.717, 1.165) is 12.8 Å². The van der Waals surface area contributed by atoms with Crippen molar-refractivity contribution in [1.29, 1.82) is 0 Å². The van der Waals surface area contributed by atoms with Gasteiger partial charge in [-0.05, 0) is 40.5 Å². The summed E-state index contributed by atoms with van der Waals surface area (Å²) in [4.78, 5) is 0. The summed E-state index contributed by atoms with van der Waals surface area (Å²) in [6.45, 7) is 19.4. The van der Waals surface area contributed by atoms with E-state index >= 15 is 0 Å². The van der Waals surface area contributed by atoms with Crippen LogP contribution in [0.1, 0.15) is 40.5 Å². The molecule has 18 heavy (non-hydrogen) atoms. The van der Waals surface area contributed by atoms with Gasteiger partial charge in [-0.15, -0.1) is 19.7 Å². The lowest BCUT2D eigenvalue weighted by Gasteiger charge is -2.33. The fourth-order valence-corrected chi connectivity index (χ4v) is 1.76. The van der Waals surface area contributed by atoms with Crippen LogP contribution >= 0.6 is 0 Å². The third-order valence-corrected chi connectivity index (χ3v) is 2.53. The van der Waals surface area contributed by atoms with Gasteiger partial charge in [0.1, 0.15) is 0 Å². The van der Waals surface area contributed by atoms with E-state index in [1.807, 2.05) is 45.9 Å². The zero-order chi connectivity index (χ0) is 14.2. The number of rotatable bonds is 10. The predicted molar refractivity (Wildman–Crippen MR) is 80.7 cm³/mol. The number of allylic oxidation sites excluding steroid dienone is 1. The average molecular weight is 250 g/mol. The van der Waals surface area contributed by atoms with Gasteiger partial charge >= 0.3 is 7.12 Å². The van der Waals surface area contributed by atoms with Gasteiger partial charge in [0.2, 0.25) is 0 Å². The molecular formula is C15H27BO2. The molecule has 0 bridgehead atoms. The fraction of sp³-hybridized carbons (Fsp3) is 0.600. The molecule has 0 unspecified atom stereocenters. The van der Waals surface area contributed by atoms with Crippen molar-refractivity contribution < 1.29 is 9.31 Å². The Bertz CT molecular complexity index is 258. The minimum Gasteiger partial charge on any atom is -0.406 e. The summed E-state index contributed by atoms with van der Waals surface area (Å²) in [7, 11) is -0.285. The zero-order valence-electron chi connectivity index (χ0n) is 12.4. The van der Waals surface area contributed by atoms with Gasteiger partial charge in [0.05, 0.1) is 11.2 Å². The Morgan fingerprint density at radius 2 is 1.22 bits per heavy atom. The normalized spacial score (nSPS) is 12.0. The van der Waals surface area contributed by atoms with Crippen LogP contribution in [-0.4, -0.2) is 18.3 Å². The van der Waals surface area contributed by atoms with Crippen molar-refractivity contribution in [2.75, 3.05) is 0 Å². The lowest BCUT2D eigenvalue weighted by atomic mass is 9.81. The smallest absolute Gasteiger partial charge is 0.406 e. The number of hydrogen-bond acceptors (Lipinski definition) is 2. The highest BCUT2D eigenvalue weighted by Gasteiger charge is 2.31. The molecule has 0 atom stereocenters. The van der Waals surface area contributed by atoms with Gasteiger partial charge in [-0.1, -0.05) is 18.2 Å². The molecule has 3 heteroatoms. The molecule has 0 heterocycles. The highest BCUT2D eigenvalue weighted by molar-refractivity contribution is 6.45. The second-order valence-corrected chi connectivity index (χ2v) is 5.69. The quantitative estimate of drug-likeness (QED) is 0.422. The van der Waals surface area contributed by atoms with Crippen LogP contribution in [0.15, 0.2) is 38.0 Å². The Hall–Kier alpha value is -0.795. The van der Waals surface area contributed by atoms with Crippen LogP contribution in [0.2, 0.25) is 6.32 Å².